The number of amides is 1. The molecular weight excluding hydrogens is 230 g/mol. The van der Waals surface area contributed by atoms with Gasteiger partial charge in [0.1, 0.15) is 0 Å². The third kappa shape index (κ3) is 2.84. The van der Waals surface area contributed by atoms with Crippen molar-refractivity contribution < 1.29 is 9.53 Å². The Morgan fingerprint density at radius 2 is 1.94 bits per heavy atom. The zero-order chi connectivity index (χ0) is 13.2. The fraction of sp³-hybridized carbons (Fsp3) is 0.923. The maximum Gasteiger partial charge on any atom is 0.237 e. The molecule has 0 aromatic rings. The van der Waals surface area contributed by atoms with Gasteiger partial charge >= 0.3 is 0 Å². The molecular formula is C13H25N3O2. The van der Waals surface area contributed by atoms with Crippen LogP contribution in [0.1, 0.15) is 38.5 Å². The van der Waals surface area contributed by atoms with Gasteiger partial charge in [0.15, 0.2) is 0 Å². The first kappa shape index (κ1) is 13.8. The van der Waals surface area contributed by atoms with Crippen LogP contribution in [0.4, 0.5) is 0 Å². The number of nitrogens with two attached hydrogens (primary N) is 2. The van der Waals surface area contributed by atoms with Crippen molar-refractivity contribution in [2.24, 2.45) is 11.5 Å². The summed E-state index contributed by atoms with van der Waals surface area (Å²) in [6, 6.07) is 0.929. The van der Waals surface area contributed by atoms with Crippen LogP contribution in [0.3, 0.4) is 0 Å². The molecule has 2 aliphatic rings. The van der Waals surface area contributed by atoms with E-state index >= 15 is 0 Å². The highest BCUT2D eigenvalue weighted by Crippen LogP contribution is 2.31. The fourth-order valence-corrected chi connectivity index (χ4v) is 3.24. The van der Waals surface area contributed by atoms with Crippen LogP contribution in [0.2, 0.25) is 0 Å². The quantitative estimate of drug-likeness (QED) is 0.756. The Morgan fingerprint density at radius 3 is 2.56 bits per heavy atom. The minimum absolute atomic E-state index is 0.354. The molecule has 2 fully saturated rings. The Morgan fingerprint density at radius 1 is 1.28 bits per heavy atom. The zero-order valence-electron chi connectivity index (χ0n) is 11.2. The van der Waals surface area contributed by atoms with E-state index in [9.17, 15) is 4.79 Å². The molecule has 4 N–H and O–H groups in total. The molecule has 0 aromatic carbocycles. The van der Waals surface area contributed by atoms with Crippen molar-refractivity contribution in [3.63, 3.8) is 0 Å². The highest BCUT2D eigenvalue weighted by atomic mass is 16.5. The molecule has 5 heteroatoms. The van der Waals surface area contributed by atoms with Crippen LogP contribution in [0.15, 0.2) is 0 Å². The number of hydrogen-bond acceptors (Lipinski definition) is 4. The predicted octanol–water partition coefficient (Wildman–Crippen LogP) is 0.223. The van der Waals surface area contributed by atoms with Crippen LogP contribution < -0.4 is 11.5 Å². The van der Waals surface area contributed by atoms with E-state index in [1.807, 2.05) is 0 Å². The molecule has 1 aliphatic carbocycles. The maximum atomic E-state index is 11.5. The van der Waals surface area contributed by atoms with Crippen molar-refractivity contribution in [3.8, 4) is 0 Å². The number of nitrogens with zero attached hydrogens (tertiary/aromatic N) is 1. The van der Waals surface area contributed by atoms with Crippen molar-refractivity contribution >= 4 is 5.91 Å². The minimum atomic E-state index is -0.803. The SMILES string of the molecule is CN(C1CCOCC1)C1CCCC(N)(C(N)=O)C1. The summed E-state index contributed by atoms with van der Waals surface area (Å²) in [5.41, 5.74) is 10.8. The molecule has 0 spiro atoms. The molecule has 1 amide bonds. The lowest BCUT2D eigenvalue weighted by molar-refractivity contribution is -0.125. The Balaban J connectivity index is 1.97. The monoisotopic (exact) mass is 255 g/mol. The summed E-state index contributed by atoms with van der Waals surface area (Å²) < 4.78 is 5.39. The van der Waals surface area contributed by atoms with Gasteiger partial charge in [0, 0.05) is 25.3 Å². The maximum absolute atomic E-state index is 11.5. The molecule has 1 saturated heterocycles. The van der Waals surface area contributed by atoms with Gasteiger partial charge < -0.3 is 21.1 Å². The summed E-state index contributed by atoms with van der Waals surface area (Å²) in [4.78, 5) is 13.9. The number of rotatable bonds is 3. The van der Waals surface area contributed by atoms with Gasteiger partial charge in [-0.05, 0) is 45.6 Å². The smallest absolute Gasteiger partial charge is 0.237 e. The number of carbonyl (C=O) groups is 1. The highest BCUT2D eigenvalue weighted by Gasteiger charge is 2.40. The largest absolute Gasteiger partial charge is 0.381 e. The van der Waals surface area contributed by atoms with Crippen LogP contribution in [0.25, 0.3) is 0 Å². The van der Waals surface area contributed by atoms with Crippen LogP contribution in [0.5, 0.6) is 0 Å². The summed E-state index contributed by atoms with van der Waals surface area (Å²) in [6.07, 6.45) is 5.65. The predicted molar refractivity (Wildman–Crippen MR) is 70.0 cm³/mol. The van der Waals surface area contributed by atoms with E-state index in [1.54, 1.807) is 0 Å². The zero-order valence-corrected chi connectivity index (χ0v) is 11.2. The lowest BCUT2D eigenvalue weighted by atomic mass is 9.78. The van der Waals surface area contributed by atoms with Gasteiger partial charge in [0.2, 0.25) is 5.91 Å². The van der Waals surface area contributed by atoms with Crippen molar-refractivity contribution in [1.29, 1.82) is 0 Å². The first-order valence-electron chi connectivity index (χ1n) is 6.91. The number of primary amides is 1. The first-order valence-corrected chi connectivity index (χ1v) is 6.91. The van der Waals surface area contributed by atoms with Crippen molar-refractivity contribution in [3.05, 3.63) is 0 Å². The van der Waals surface area contributed by atoms with E-state index in [-0.39, 0.29) is 5.91 Å². The van der Waals surface area contributed by atoms with Crippen molar-refractivity contribution in [2.75, 3.05) is 20.3 Å². The molecule has 18 heavy (non-hydrogen) atoms. The third-order valence-corrected chi connectivity index (χ3v) is 4.59. The molecule has 5 nitrogen and oxygen atoms in total. The topological polar surface area (TPSA) is 81.6 Å². The number of carbonyl (C=O) groups excluding carboxylic acids is 1. The van der Waals surface area contributed by atoms with Gasteiger partial charge in [-0.25, -0.2) is 0 Å². The summed E-state index contributed by atoms with van der Waals surface area (Å²) in [6.45, 7) is 1.68. The molecule has 0 aromatic heterocycles. The Hall–Kier alpha value is -0.650. The third-order valence-electron chi connectivity index (χ3n) is 4.59. The molecule has 1 saturated carbocycles. The standard InChI is InChI=1S/C13H25N3O2/c1-16(10-4-7-18-8-5-10)11-3-2-6-13(15,9-11)12(14)17/h10-11H,2-9,15H2,1H3,(H2,14,17). The molecule has 1 aliphatic heterocycles. The second kappa shape index (κ2) is 5.55. The molecule has 2 rings (SSSR count). The van der Waals surface area contributed by atoms with E-state index in [4.69, 9.17) is 16.2 Å². The van der Waals surface area contributed by atoms with Crippen LogP contribution in [-0.2, 0) is 9.53 Å². The lowest BCUT2D eigenvalue weighted by Gasteiger charge is -2.43. The molecule has 2 atom stereocenters. The van der Waals surface area contributed by atoms with Crippen molar-refractivity contribution in [2.45, 2.75) is 56.1 Å². The van der Waals surface area contributed by atoms with Gasteiger partial charge in [-0.2, -0.15) is 0 Å². The molecule has 1 heterocycles. The van der Waals surface area contributed by atoms with Gasteiger partial charge in [0.25, 0.3) is 0 Å². The lowest BCUT2D eigenvalue weighted by Crippen LogP contribution is -2.59. The Kier molecular flexibility index (Phi) is 4.25. The van der Waals surface area contributed by atoms with Crippen LogP contribution in [0, 0.1) is 0 Å². The second-order valence-electron chi connectivity index (χ2n) is 5.78. The van der Waals surface area contributed by atoms with E-state index in [0.29, 0.717) is 18.5 Å². The van der Waals surface area contributed by atoms with Gasteiger partial charge in [-0.15, -0.1) is 0 Å². The normalized spacial score (nSPS) is 34.7. The van der Waals surface area contributed by atoms with Gasteiger partial charge in [-0.1, -0.05) is 0 Å². The fourth-order valence-electron chi connectivity index (χ4n) is 3.24. The minimum Gasteiger partial charge on any atom is -0.381 e. The second-order valence-corrected chi connectivity index (χ2v) is 5.78. The van der Waals surface area contributed by atoms with Gasteiger partial charge in [0.05, 0.1) is 5.54 Å². The van der Waals surface area contributed by atoms with E-state index in [0.717, 1.165) is 45.3 Å². The molecule has 2 unspecified atom stereocenters. The Labute approximate surface area is 109 Å². The molecule has 0 bridgehead atoms. The average Bonchev–Trinajstić information content (AvgIpc) is 2.39. The summed E-state index contributed by atoms with van der Waals surface area (Å²) in [5.74, 6) is -0.354. The number of ether oxygens (including phenoxy) is 1. The summed E-state index contributed by atoms with van der Waals surface area (Å²) in [7, 11) is 2.15. The molecule has 0 radical (unpaired) electrons. The summed E-state index contributed by atoms with van der Waals surface area (Å²) in [5, 5.41) is 0. The summed E-state index contributed by atoms with van der Waals surface area (Å²) >= 11 is 0. The first-order chi connectivity index (χ1) is 8.53. The highest BCUT2D eigenvalue weighted by molar-refractivity contribution is 5.84. The average molecular weight is 255 g/mol. The van der Waals surface area contributed by atoms with Crippen molar-refractivity contribution in [1.82, 2.24) is 4.90 Å². The Bertz CT molecular complexity index is 305. The number of hydrogen-bond donors (Lipinski definition) is 2. The van der Waals surface area contributed by atoms with E-state index in [1.165, 1.54) is 0 Å². The van der Waals surface area contributed by atoms with Gasteiger partial charge in [-0.3, -0.25) is 4.79 Å². The molecule has 104 valence electrons. The van der Waals surface area contributed by atoms with Crippen LogP contribution >= 0.6 is 0 Å². The van der Waals surface area contributed by atoms with E-state index < -0.39 is 5.54 Å². The van der Waals surface area contributed by atoms with E-state index in [2.05, 4.69) is 11.9 Å². The van der Waals surface area contributed by atoms with Crippen LogP contribution in [-0.4, -0.2) is 48.7 Å².